The molecule has 0 amide bonds. The fraction of sp³-hybridized carbons (Fsp3) is 0.471. The summed E-state index contributed by atoms with van der Waals surface area (Å²) in [7, 11) is -9.40. The highest BCUT2D eigenvalue weighted by atomic mass is 31.2. The van der Waals surface area contributed by atoms with Crippen molar-refractivity contribution in [2.75, 3.05) is 6.61 Å². The topological polar surface area (TPSA) is 212 Å². The molecule has 1 aliphatic heterocycles. The molecule has 0 bridgehead atoms. The van der Waals surface area contributed by atoms with E-state index in [0.29, 0.717) is 0 Å². The van der Waals surface area contributed by atoms with Gasteiger partial charge in [0.2, 0.25) is 0 Å². The minimum Gasteiger partial charge on any atom is -0.462 e. The third kappa shape index (κ3) is 11.4. The second-order valence-electron chi connectivity index (χ2n) is 13.0. The van der Waals surface area contributed by atoms with Gasteiger partial charge in [-0.25, -0.2) is 18.3 Å². The summed E-state index contributed by atoms with van der Waals surface area (Å²) in [5, 5.41) is 4.99. The van der Waals surface area contributed by atoms with E-state index < -0.39 is 93.7 Å². The molecule has 1 fully saturated rings. The monoisotopic (exact) mass is 798 g/mol. The molecule has 17 nitrogen and oxygen atoms in total. The number of rotatable bonds is 18. The molecule has 3 N–H and O–H groups in total. The number of para-hydroxylation sites is 2. The van der Waals surface area contributed by atoms with E-state index in [0.717, 1.165) is 23.8 Å². The van der Waals surface area contributed by atoms with Gasteiger partial charge in [-0.2, -0.15) is 10.2 Å². The number of aromatic nitrogens is 2. The van der Waals surface area contributed by atoms with Crippen LogP contribution in [0.25, 0.3) is 0 Å². The van der Waals surface area contributed by atoms with Crippen LogP contribution in [-0.2, 0) is 42.0 Å². The van der Waals surface area contributed by atoms with Crippen LogP contribution in [-0.4, -0.2) is 70.3 Å². The first-order valence-corrected chi connectivity index (χ1v) is 20.0. The molecular weight excluding hydrogens is 753 g/mol. The van der Waals surface area contributed by atoms with Crippen LogP contribution in [0, 0.1) is 0 Å². The van der Waals surface area contributed by atoms with Crippen molar-refractivity contribution >= 4 is 27.4 Å². The lowest BCUT2D eigenvalue weighted by Crippen LogP contribution is -2.46. The summed E-state index contributed by atoms with van der Waals surface area (Å²) in [6.45, 7) is 9.30. The van der Waals surface area contributed by atoms with Crippen molar-refractivity contribution in [1.29, 1.82) is 0 Å². The Balaban J connectivity index is 1.74. The van der Waals surface area contributed by atoms with E-state index >= 15 is 4.39 Å². The SMILES string of the molecule is CC(C)OC(=O)C(C)NP(=O)(OCC1OC(n2ccc(=O)[nH]c2=O)C(C)(F)C1OP(=O)(NC(C)C(=O)OC(C)C)Oc1ccccc1)Oc1ccccc1. The zero-order valence-electron chi connectivity index (χ0n) is 30.7. The number of nitrogens with one attached hydrogen (secondary N) is 3. The van der Waals surface area contributed by atoms with Crippen LogP contribution < -0.4 is 30.5 Å². The summed E-state index contributed by atoms with van der Waals surface area (Å²) in [6.07, 6.45) is -5.57. The quantitative estimate of drug-likeness (QED) is 0.117. The molecule has 8 unspecified atom stereocenters. The number of hydrogen-bond acceptors (Lipinski definition) is 13. The van der Waals surface area contributed by atoms with Gasteiger partial charge in [-0.3, -0.25) is 33.0 Å². The number of halogens is 1. The van der Waals surface area contributed by atoms with Gasteiger partial charge in [-0.1, -0.05) is 36.4 Å². The maximum Gasteiger partial charge on any atom is 0.459 e. The number of aromatic amines is 1. The van der Waals surface area contributed by atoms with Crippen molar-refractivity contribution in [2.24, 2.45) is 0 Å². The van der Waals surface area contributed by atoms with E-state index in [-0.39, 0.29) is 11.5 Å². The maximum absolute atomic E-state index is 17.3. The Kier molecular flexibility index (Phi) is 14.2. The molecule has 0 radical (unpaired) electrons. The van der Waals surface area contributed by atoms with Crippen molar-refractivity contribution in [1.82, 2.24) is 19.7 Å². The second-order valence-corrected chi connectivity index (χ2v) is 16.3. The molecule has 1 saturated heterocycles. The Morgan fingerprint density at radius 1 is 0.833 bits per heavy atom. The number of esters is 2. The molecule has 8 atom stereocenters. The zero-order chi connectivity index (χ0) is 39.8. The van der Waals surface area contributed by atoms with Gasteiger partial charge < -0.3 is 23.3 Å². The third-order valence-corrected chi connectivity index (χ3v) is 10.8. The smallest absolute Gasteiger partial charge is 0.459 e. The number of nitrogens with zero attached hydrogens (tertiary/aromatic N) is 1. The molecule has 0 spiro atoms. The van der Waals surface area contributed by atoms with Gasteiger partial charge >= 0.3 is 33.1 Å². The molecule has 1 aromatic heterocycles. The van der Waals surface area contributed by atoms with Crippen molar-refractivity contribution in [3.8, 4) is 11.5 Å². The summed E-state index contributed by atoms with van der Waals surface area (Å²) in [4.78, 5) is 52.2. The lowest BCUT2D eigenvalue weighted by atomic mass is 9.98. The number of benzene rings is 2. The van der Waals surface area contributed by atoms with Crippen LogP contribution in [0.2, 0.25) is 0 Å². The number of hydrogen-bond donors (Lipinski definition) is 3. The largest absolute Gasteiger partial charge is 0.462 e. The van der Waals surface area contributed by atoms with Crippen molar-refractivity contribution in [2.45, 2.75) is 96.9 Å². The number of carbonyl (C=O) groups is 2. The standard InChI is InChI=1S/C34H45FN4O13P2/c1-21(2)47-30(41)23(5)37-53(44,50-25-14-10-8-11-15-25)46-20-27-29(34(7,35)32(49-27)39-19-18-28(40)36-33(39)43)52-54(45,51-26-16-12-9-13-17-26)38-24(6)31(42)48-22(3)4/h8-19,21-24,27,29,32H,20H2,1-7H3,(H,37,44)(H,38,45)(H,36,40,43). The maximum atomic E-state index is 17.3. The van der Waals surface area contributed by atoms with Crippen molar-refractivity contribution in [3.63, 3.8) is 0 Å². The molecule has 296 valence electrons. The number of ether oxygens (including phenoxy) is 3. The minimum atomic E-state index is -4.82. The lowest BCUT2D eigenvalue weighted by molar-refractivity contribution is -0.150. The van der Waals surface area contributed by atoms with Crippen LogP contribution in [0.5, 0.6) is 11.5 Å². The first kappa shape index (κ1) is 42.6. The van der Waals surface area contributed by atoms with E-state index in [1.807, 2.05) is 4.98 Å². The lowest BCUT2D eigenvalue weighted by Gasteiger charge is -2.32. The highest BCUT2D eigenvalue weighted by Crippen LogP contribution is 2.54. The van der Waals surface area contributed by atoms with E-state index in [1.54, 1.807) is 64.1 Å². The molecular formula is C34H45FN4O13P2. The summed E-state index contributed by atoms with van der Waals surface area (Å²) >= 11 is 0. The van der Waals surface area contributed by atoms with Crippen LogP contribution in [0.15, 0.2) is 82.5 Å². The highest BCUT2D eigenvalue weighted by molar-refractivity contribution is 7.52. The van der Waals surface area contributed by atoms with E-state index in [9.17, 15) is 28.3 Å². The second kappa shape index (κ2) is 18.0. The fourth-order valence-electron chi connectivity index (χ4n) is 5.10. The van der Waals surface area contributed by atoms with Gasteiger partial charge in [0, 0.05) is 12.3 Å². The third-order valence-electron chi connectivity index (χ3n) is 7.50. The number of alkyl halides is 1. The van der Waals surface area contributed by atoms with E-state index in [2.05, 4.69) is 10.2 Å². The Morgan fingerprint density at radius 2 is 1.31 bits per heavy atom. The molecule has 2 aromatic carbocycles. The summed E-state index contributed by atoms with van der Waals surface area (Å²) < 4.78 is 86.4. The average molecular weight is 799 g/mol. The minimum absolute atomic E-state index is 0.00525. The summed E-state index contributed by atoms with van der Waals surface area (Å²) in [5.74, 6) is -1.54. The van der Waals surface area contributed by atoms with E-state index in [1.165, 1.54) is 38.1 Å². The Bertz CT molecular complexity index is 1940. The highest BCUT2D eigenvalue weighted by Gasteiger charge is 2.60. The molecule has 0 saturated carbocycles. The van der Waals surface area contributed by atoms with Gasteiger partial charge in [0.15, 0.2) is 11.9 Å². The van der Waals surface area contributed by atoms with Crippen LogP contribution in [0.3, 0.4) is 0 Å². The Morgan fingerprint density at radius 3 is 1.80 bits per heavy atom. The molecule has 2 heterocycles. The van der Waals surface area contributed by atoms with Gasteiger partial charge in [0.05, 0.1) is 18.8 Å². The van der Waals surface area contributed by atoms with E-state index in [4.69, 9.17) is 32.3 Å². The van der Waals surface area contributed by atoms with Crippen LogP contribution in [0.1, 0.15) is 54.7 Å². The number of H-pyrrole nitrogens is 1. The molecule has 1 aliphatic rings. The van der Waals surface area contributed by atoms with Gasteiger partial charge in [0.25, 0.3) is 5.56 Å². The molecule has 20 heteroatoms. The summed E-state index contributed by atoms with van der Waals surface area (Å²) in [6, 6.07) is 13.9. The van der Waals surface area contributed by atoms with Crippen LogP contribution in [0.4, 0.5) is 4.39 Å². The first-order chi connectivity index (χ1) is 25.3. The molecule has 54 heavy (non-hydrogen) atoms. The molecule has 4 rings (SSSR count). The van der Waals surface area contributed by atoms with Crippen molar-refractivity contribution < 1.29 is 55.4 Å². The van der Waals surface area contributed by atoms with Gasteiger partial charge in [-0.05, 0) is 72.7 Å². The normalized spacial score (nSPS) is 23.2. The predicted molar refractivity (Wildman–Crippen MR) is 193 cm³/mol. The first-order valence-electron chi connectivity index (χ1n) is 17.0. The molecule has 3 aromatic rings. The fourth-order valence-corrected chi connectivity index (χ4v) is 8.38. The Hall–Kier alpha value is -4.15. The molecule has 0 aliphatic carbocycles. The van der Waals surface area contributed by atoms with Crippen LogP contribution >= 0.6 is 15.5 Å². The van der Waals surface area contributed by atoms with Gasteiger partial charge in [0.1, 0.15) is 35.8 Å². The predicted octanol–water partition coefficient (Wildman–Crippen LogP) is 4.80. The van der Waals surface area contributed by atoms with Crippen molar-refractivity contribution in [3.05, 3.63) is 93.8 Å². The Labute approximate surface area is 311 Å². The van der Waals surface area contributed by atoms with Gasteiger partial charge in [-0.15, -0.1) is 0 Å². The summed E-state index contributed by atoms with van der Waals surface area (Å²) in [5.41, 5.74) is -4.62. The number of carbonyl (C=O) groups excluding carboxylic acids is 2. The zero-order valence-corrected chi connectivity index (χ0v) is 32.5. The average Bonchev–Trinajstić information content (AvgIpc) is 3.32.